The molecule has 0 spiro atoms. The van der Waals surface area contributed by atoms with Crippen LogP contribution in [0.25, 0.3) is 11.1 Å². The van der Waals surface area contributed by atoms with Gasteiger partial charge in [0.1, 0.15) is 6.61 Å². The van der Waals surface area contributed by atoms with Crippen molar-refractivity contribution >= 4 is 29.7 Å². The van der Waals surface area contributed by atoms with Crippen molar-refractivity contribution < 1.29 is 24.2 Å². The second-order valence-corrected chi connectivity index (χ2v) is 9.37. The second-order valence-electron chi connectivity index (χ2n) is 8.27. The number of carboxylic acid groups (broad SMARTS) is 1. The van der Waals surface area contributed by atoms with Crippen LogP contribution >= 0.6 is 11.8 Å². The fourth-order valence-electron chi connectivity index (χ4n) is 3.66. The van der Waals surface area contributed by atoms with E-state index in [1.807, 2.05) is 24.3 Å². The van der Waals surface area contributed by atoms with Crippen LogP contribution in [0.2, 0.25) is 0 Å². The molecule has 0 atom stereocenters. The number of fused-ring (bicyclic) bond motifs is 3. The molecule has 0 fully saturated rings. The van der Waals surface area contributed by atoms with Crippen LogP contribution in [0.3, 0.4) is 0 Å². The number of hydrogen-bond acceptors (Lipinski definition) is 5. The third-order valence-corrected chi connectivity index (χ3v) is 6.33. The zero-order valence-electron chi connectivity index (χ0n) is 18.2. The van der Waals surface area contributed by atoms with Crippen LogP contribution < -0.4 is 10.6 Å². The molecule has 0 aliphatic heterocycles. The highest BCUT2D eigenvalue weighted by Gasteiger charge is 2.30. The predicted octanol–water partition coefficient (Wildman–Crippen LogP) is 3.49. The van der Waals surface area contributed by atoms with E-state index in [9.17, 15) is 14.4 Å². The highest BCUT2D eigenvalue weighted by molar-refractivity contribution is 7.99. The van der Waals surface area contributed by atoms with Crippen LogP contribution in [0.5, 0.6) is 0 Å². The average Bonchev–Trinajstić information content (AvgIpc) is 3.09. The van der Waals surface area contributed by atoms with Crippen molar-refractivity contribution in [3.63, 3.8) is 0 Å². The maximum absolute atomic E-state index is 12.4. The number of rotatable bonds is 10. The molecule has 0 saturated carbocycles. The molecular formula is C24H28N2O5S. The topological polar surface area (TPSA) is 105 Å². The Hall–Kier alpha value is -3.00. The maximum Gasteiger partial charge on any atom is 0.407 e. The molecule has 0 saturated heterocycles. The zero-order valence-corrected chi connectivity index (χ0v) is 19.0. The van der Waals surface area contributed by atoms with Crippen molar-refractivity contribution in [2.24, 2.45) is 5.41 Å². The van der Waals surface area contributed by atoms with E-state index < -0.39 is 17.5 Å². The number of carboxylic acids is 1. The minimum absolute atomic E-state index is 0.00258. The molecule has 1 aliphatic rings. The third kappa shape index (κ3) is 5.82. The Morgan fingerprint density at radius 3 is 2.19 bits per heavy atom. The van der Waals surface area contributed by atoms with Crippen LogP contribution in [0.1, 0.15) is 30.9 Å². The first kappa shape index (κ1) is 23.7. The summed E-state index contributed by atoms with van der Waals surface area (Å²) in [5, 5.41) is 14.1. The number of hydrogen-bond donors (Lipinski definition) is 3. The Bertz CT molecular complexity index is 946. The molecule has 32 heavy (non-hydrogen) atoms. The molecule has 170 valence electrons. The first-order chi connectivity index (χ1) is 15.3. The fraction of sp³-hybridized carbons (Fsp3) is 0.375. The number of carbonyl (C=O) groups excluding carboxylic acids is 2. The summed E-state index contributed by atoms with van der Waals surface area (Å²) in [7, 11) is 0. The molecule has 2 amide bonds. The van der Waals surface area contributed by atoms with Crippen LogP contribution in [-0.4, -0.2) is 54.3 Å². The standard InChI is InChI=1S/C24H28N2O5S/c1-24(2,22(29)25-11-12-32-14-21(27)28)15-26-23(30)31-13-20-18-9-5-3-7-16(18)17-8-4-6-10-19(17)20/h3-10,20H,11-15H2,1-2H3,(H,25,29)(H,26,30)(H,27,28). The highest BCUT2D eigenvalue weighted by Crippen LogP contribution is 2.44. The maximum atomic E-state index is 12.4. The lowest BCUT2D eigenvalue weighted by atomic mass is 9.92. The number of thioether (sulfide) groups is 1. The number of amides is 2. The van der Waals surface area contributed by atoms with Gasteiger partial charge in [-0.3, -0.25) is 9.59 Å². The van der Waals surface area contributed by atoms with Crippen molar-refractivity contribution in [1.29, 1.82) is 0 Å². The van der Waals surface area contributed by atoms with Gasteiger partial charge in [0.2, 0.25) is 5.91 Å². The lowest BCUT2D eigenvalue weighted by Crippen LogP contribution is -2.45. The predicted molar refractivity (Wildman–Crippen MR) is 125 cm³/mol. The highest BCUT2D eigenvalue weighted by atomic mass is 32.2. The molecule has 0 aromatic heterocycles. The van der Waals surface area contributed by atoms with Gasteiger partial charge in [0.15, 0.2) is 0 Å². The van der Waals surface area contributed by atoms with Gasteiger partial charge in [0, 0.05) is 24.8 Å². The van der Waals surface area contributed by atoms with Crippen LogP contribution in [-0.2, 0) is 14.3 Å². The molecule has 0 heterocycles. The van der Waals surface area contributed by atoms with E-state index in [1.165, 1.54) is 11.8 Å². The number of nitrogens with one attached hydrogen (secondary N) is 2. The van der Waals surface area contributed by atoms with Gasteiger partial charge in [0.05, 0.1) is 11.2 Å². The number of carbonyl (C=O) groups is 3. The summed E-state index contributed by atoms with van der Waals surface area (Å²) < 4.78 is 5.51. The Balaban J connectivity index is 1.47. The van der Waals surface area contributed by atoms with Gasteiger partial charge in [0.25, 0.3) is 0 Å². The van der Waals surface area contributed by atoms with Crippen molar-refractivity contribution in [1.82, 2.24) is 10.6 Å². The van der Waals surface area contributed by atoms with E-state index in [0.29, 0.717) is 12.3 Å². The summed E-state index contributed by atoms with van der Waals surface area (Å²) in [5.41, 5.74) is 3.78. The van der Waals surface area contributed by atoms with Crippen LogP contribution in [0, 0.1) is 5.41 Å². The Morgan fingerprint density at radius 2 is 1.59 bits per heavy atom. The fourth-order valence-corrected chi connectivity index (χ4v) is 4.22. The summed E-state index contributed by atoms with van der Waals surface area (Å²) in [5.74, 6) is -0.606. The monoisotopic (exact) mass is 456 g/mol. The third-order valence-electron chi connectivity index (χ3n) is 5.39. The number of ether oxygens (including phenoxy) is 1. The Morgan fingerprint density at radius 1 is 1.00 bits per heavy atom. The first-order valence-corrected chi connectivity index (χ1v) is 11.6. The molecule has 3 rings (SSSR count). The summed E-state index contributed by atoms with van der Waals surface area (Å²) in [6.45, 7) is 4.17. The van der Waals surface area contributed by atoms with Gasteiger partial charge >= 0.3 is 12.1 Å². The smallest absolute Gasteiger partial charge is 0.407 e. The molecule has 2 aromatic carbocycles. The molecular weight excluding hydrogens is 428 g/mol. The summed E-state index contributed by atoms with van der Waals surface area (Å²) in [6.07, 6.45) is -0.565. The van der Waals surface area contributed by atoms with Crippen molar-refractivity contribution in [3.8, 4) is 11.1 Å². The largest absolute Gasteiger partial charge is 0.481 e. The van der Waals surface area contributed by atoms with E-state index in [-0.39, 0.29) is 30.7 Å². The summed E-state index contributed by atoms with van der Waals surface area (Å²) in [6, 6.07) is 16.3. The minimum Gasteiger partial charge on any atom is -0.481 e. The molecule has 0 unspecified atom stereocenters. The summed E-state index contributed by atoms with van der Waals surface area (Å²) >= 11 is 1.24. The molecule has 0 radical (unpaired) electrons. The molecule has 0 bridgehead atoms. The van der Waals surface area contributed by atoms with Crippen molar-refractivity contribution in [3.05, 3.63) is 59.7 Å². The van der Waals surface area contributed by atoms with E-state index >= 15 is 0 Å². The Kier molecular flexibility index (Phi) is 7.80. The van der Waals surface area contributed by atoms with Gasteiger partial charge < -0.3 is 20.5 Å². The lowest BCUT2D eigenvalue weighted by Gasteiger charge is -2.24. The van der Waals surface area contributed by atoms with Gasteiger partial charge in [-0.15, -0.1) is 11.8 Å². The number of aliphatic carboxylic acids is 1. The molecule has 3 N–H and O–H groups in total. The van der Waals surface area contributed by atoms with Crippen LogP contribution in [0.4, 0.5) is 4.79 Å². The minimum atomic E-state index is -0.881. The SMILES string of the molecule is CC(C)(CNC(=O)OCC1c2ccccc2-c2ccccc21)C(=O)NCCSCC(=O)O. The van der Waals surface area contributed by atoms with Gasteiger partial charge in [-0.25, -0.2) is 4.79 Å². The van der Waals surface area contributed by atoms with E-state index in [4.69, 9.17) is 9.84 Å². The Labute approximate surface area is 191 Å². The van der Waals surface area contributed by atoms with E-state index in [2.05, 4.69) is 34.9 Å². The van der Waals surface area contributed by atoms with Crippen molar-refractivity contribution in [2.45, 2.75) is 19.8 Å². The zero-order chi connectivity index (χ0) is 23.1. The average molecular weight is 457 g/mol. The molecule has 2 aromatic rings. The lowest BCUT2D eigenvalue weighted by molar-refractivity contribution is -0.134. The van der Waals surface area contributed by atoms with Gasteiger partial charge in [-0.2, -0.15) is 0 Å². The second kappa shape index (κ2) is 10.5. The normalized spacial score (nSPS) is 12.6. The summed E-state index contributed by atoms with van der Waals surface area (Å²) in [4.78, 5) is 35.2. The molecule has 1 aliphatic carbocycles. The molecule has 8 heteroatoms. The van der Waals surface area contributed by atoms with Gasteiger partial charge in [-0.1, -0.05) is 48.5 Å². The van der Waals surface area contributed by atoms with Crippen LogP contribution in [0.15, 0.2) is 48.5 Å². The first-order valence-electron chi connectivity index (χ1n) is 10.5. The van der Waals surface area contributed by atoms with E-state index in [0.717, 1.165) is 22.3 Å². The number of alkyl carbamates (subject to hydrolysis) is 1. The van der Waals surface area contributed by atoms with Gasteiger partial charge in [-0.05, 0) is 36.1 Å². The van der Waals surface area contributed by atoms with E-state index in [1.54, 1.807) is 13.8 Å². The molecule has 7 nitrogen and oxygen atoms in total. The van der Waals surface area contributed by atoms with Crippen molar-refractivity contribution in [2.75, 3.05) is 31.2 Å². The quantitative estimate of drug-likeness (QED) is 0.473. The number of benzene rings is 2.